The van der Waals surface area contributed by atoms with Gasteiger partial charge in [0.15, 0.2) is 0 Å². The number of carbonyl (C=O) groups excluding carboxylic acids is 1. The molecule has 2 rings (SSSR count). The van der Waals surface area contributed by atoms with Gasteiger partial charge in [0.05, 0.1) is 6.54 Å². The van der Waals surface area contributed by atoms with Gasteiger partial charge in [0, 0.05) is 12.2 Å². The second-order valence-corrected chi connectivity index (χ2v) is 4.67. The number of benzene rings is 1. The summed E-state index contributed by atoms with van der Waals surface area (Å²) in [4.78, 5) is 13.0. The quantitative estimate of drug-likeness (QED) is 0.763. The number of nitrogens with two attached hydrogens (primary N) is 2. The van der Waals surface area contributed by atoms with E-state index in [1.807, 2.05) is 18.2 Å². The molecule has 4 heteroatoms. The Morgan fingerprint density at radius 1 is 1.41 bits per heavy atom. The lowest BCUT2D eigenvalue weighted by Crippen LogP contribution is -2.40. The molecule has 0 aliphatic carbocycles. The fraction of sp³-hybridized carbons (Fsp3) is 0.462. The molecule has 17 heavy (non-hydrogen) atoms. The lowest BCUT2D eigenvalue weighted by Gasteiger charge is -2.32. The first-order valence-corrected chi connectivity index (χ1v) is 6.02. The van der Waals surface area contributed by atoms with Crippen LogP contribution in [-0.2, 0) is 4.79 Å². The molecule has 1 amide bonds. The Morgan fingerprint density at radius 2 is 2.18 bits per heavy atom. The van der Waals surface area contributed by atoms with E-state index in [-0.39, 0.29) is 5.91 Å². The third kappa shape index (κ3) is 2.97. The summed E-state index contributed by atoms with van der Waals surface area (Å²) in [6, 6.07) is 7.97. The molecule has 4 nitrogen and oxygen atoms in total. The van der Waals surface area contributed by atoms with E-state index < -0.39 is 0 Å². The summed E-state index contributed by atoms with van der Waals surface area (Å²) in [7, 11) is 0. The van der Waals surface area contributed by atoms with Crippen LogP contribution in [0.1, 0.15) is 24.3 Å². The second kappa shape index (κ2) is 5.19. The van der Waals surface area contributed by atoms with Crippen molar-refractivity contribution < 1.29 is 4.79 Å². The Bertz CT molecular complexity index is 405. The van der Waals surface area contributed by atoms with Gasteiger partial charge in [-0.15, -0.1) is 0 Å². The fourth-order valence-electron chi connectivity index (χ4n) is 2.56. The van der Waals surface area contributed by atoms with Crippen LogP contribution in [0.5, 0.6) is 0 Å². The Hall–Kier alpha value is -1.55. The molecule has 1 aromatic rings. The van der Waals surface area contributed by atoms with Crippen molar-refractivity contribution in [3.63, 3.8) is 0 Å². The molecular weight excluding hydrogens is 214 g/mol. The number of nitrogen functional groups attached to an aromatic ring is 1. The Kier molecular flexibility index (Phi) is 3.64. The molecular formula is C13H19N3O. The predicted molar refractivity (Wildman–Crippen MR) is 68.5 cm³/mol. The van der Waals surface area contributed by atoms with E-state index in [1.165, 1.54) is 5.56 Å². The molecule has 1 fully saturated rings. The number of amides is 1. The van der Waals surface area contributed by atoms with Crippen LogP contribution in [0.15, 0.2) is 24.3 Å². The molecule has 1 aromatic carbocycles. The van der Waals surface area contributed by atoms with Crippen LogP contribution >= 0.6 is 0 Å². The first-order valence-electron chi connectivity index (χ1n) is 6.02. The summed E-state index contributed by atoms with van der Waals surface area (Å²) in [5.74, 6) is 0.163. The van der Waals surface area contributed by atoms with E-state index >= 15 is 0 Å². The first-order chi connectivity index (χ1) is 8.16. The van der Waals surface area contributed by atoms with Crippen molar-refractivity contribution in [1.29, 1.82) is 0 Å². The smallest absolute Gasteiger partial charge is 0.231 e. The summed E-state index contributed by atoms with van der Waals surface area (Å²) >= 11 is 0. The van der Waals surface area contributed by atoms with Gasteiger partial charge in [0.25, 0.3) is 0 Å². The minimum absolute atomic E-state index is 0.258. The molecule has 1 heterocycles. The van der Waals surface area contributed by atoms with Gasteiger partial charge in [0.2, 0.25) is 5.91 Å². The standard InChI is InChI=1S/C13H19N3O/c14-12-6-2-1-5-11(12)10-4-3-7-16(8-10)9-13(15)17/h1-2,5-6,10H,3-4,7-9,14H2,(H2,15,17). The average Bonchev–Trinajstić information content (AvgIpc) is 2.29. The first kappa shape index (κ1) is 11.9. The van der Waals surface area contributed by atoms with Crippen molar-refractivity contribution in [2.24, 2.45) is 5.73 Å². The zero-order chi connectivity index (χ0) is 12.3. The van der Waals surface area contributed by atoms with E-state index in [1.54, 1.807) is 0 Å². The van der Waals surface area contributed by atoms with Crippen LogP contribution in [0.25, 0.3) is 0 Å². The molecule has 1 atom stereocenters. The second-order valence-electron chi connectivity index (χ2n) is 4.67. The fourth-order valence-corrected chi connectivity index (χ4v) is 2.56. The van der Waals surface area contributed by atoms with Crippen molar-refractivity contribution >= 4 is 11.6 Å². The van der Waals surface area contributed by atoms with Gasteiger partial charge in [-0.3, -0.25) is 9.69 Å². The van der Waals surface area contributed by atoms with Crippen LogP contribution < -0.4 is 11.5 Å². The Morgan fingerprint density at radius 3 is 2.88 bits per heavy atom. The maximum absolute atomic E-state index is 10.9. The molecule has 0 aromatic heterocycles. The van der Waals surface area contributed by atoms with Crippen molar-refractivity contribution in [2.75, 3.05) is 25.4 Å². The summed E-state index contributed by atoms with van der Waals surface area (Å²) in [5, 5.41) is 0. The van der Waals surface area contributed by atoms with E-state index in [0.717, 1.165) is 31.6 Å². The third-order valence-corrected chi connectivity index (χ3v) is 3.32. The highest BCUT2D eigenvalue weighted by Gasteiger charge is 2.23. The molecule has 1 saturated heterocycles. The maximum atomic E-state index is 10.9. The van der Waals surface area contributed by atoms with Gasteiger partial charge in [0.1, 0.15) is 0 Å². The van der Waals surface area contributed by atoms with Crippen LogP contribution in [-0.4, -0.2) is 30.4 Å². The minimum Gasteiger partial charge on any atom is -0.398 e. The number of piperidine rings is 1. The highest BCUT2D eigenvalue weighted by molar-refractivity contribution is 5.75. The van der Waals surface area contributed by atoms with E-state index in [4.69, 9.17) is 11.5 Å². The highest BCUT2D eigenvalue weighted by Crippen LogP contribution is 2.30. The summed E-state index contributed by atoms with van der Waals surface area (Å²) < 4.78 is 0. The Labute approximate surface area is 102 Å². The van der Waals surface area contributed by atoms with Gasteiger partial charge in [-0.05, 0) is 36.9 Å². The number of carbonyl (C=O) groups is 1. The van der Waals surface area contributed by atoms with Crippen molar-refractivity contribution in [3.8, 4) is 0 Å². The zero-order valence-corrected chi connectivity index (χ0v) is 9.93. The highest BCUT2D eigenvalue weighted by atomic mass is 16.1. The van der Waals surface area contributed by atoms with E-state index in [9.17, 15) is 4.79 Å². The average molecular weight is 233 g/mol. The van der Waals surface area contributed by atoms with Crippen molar-refractivity contribution in [1.82, 2.24) is 4.90 Å². The van der Waals surface area contributed by atoms with Crippen molar-refractivity contribution in [3.05, 3.63) is 29.8 Å². The third-order valence-electron chi connectivity index (χ3n) is 3.32. The molecule has 1 aliphatic heterocycles. The molecule has 0 radical (unpaired) electrons. The topological polar surface area (TPSA) is 72.4 Å². The van der Waals surface area contributed by atoms with Gasteiger partial charge >= 0.3 is 0 Å². The number of primary amides is 1. The van der Waals surface area contributed by atoms with Gasteiger partial charge in [-0.2, -0.15) is 0 Å². The molecule has 1 aliphatic rings. The van der Waals surface area contributed by atoms with Crippen LogP contribution in [0, 0.1) is 0 Å². The summed E-state index contributed by atoms with van der Waals surface area (Å²) in [5.41, 5.74) is 13.3. The number of hydrogen-bond donors (Lipinski definition) is 2. The minimum atomic E-state index is -0.258. The molecule has 0 bridgehead atoms. The number of hydrogen-bond acceptors (Lipinski definition) is 3. The molecule has 92 valence electrons. The summed E-state index contributed by atoms with van der Waals surface area (Å²) in [6.45, 7) is 2.17. The van der Waals surface area contributed by atoms with E-state index in [2.05, 4.69) is 11.0 Å². The normalized spacial score (nSPS) is 21.3. The number of rotatable bonds is 3. The van der Waals surface area contributed by atoms with Gasteiger partial charge in [-0.1, -0.05) is 18.2 Å². The van der Waals surface area contributed by atoms with Crippen molar-refractivity contribution in [2.45, 2.75) is 18.8 Å². The maximum Gasteiger partial charge on any atom is 0.231 e. The number of para-hydroxylation sites is 1. The van der Waals surface area contributed by atoms with Gasteiger partial charge in [-0.25, -0.2) is 0 Å². The number of nitrogens with zero attached hydrogens (tertiary/aromatic N) is 1. The van der Waals surface area contributed by atoms with Gasteiger partial charge < -0.3 is 11.5 Å². The molecule has 0 spiro atoms. The summed E-state index contributed by atoms with van der Waals surface area (Å²) in [6.07, 6.45) is 2.22. The SMILES string of the molecule is NC(=O)CN1CCCC(c2ccccc2N)C1. The molecule has 4 N–H and O–H groups in total. The lowest BCUT2D eigenvalue weighted by atomic mass is 9.89. The predicted octanol–water partition coefficient (Wildman–Crippen LogP) is 0.933. The van der Waals surface area contributed by atoms with Crippen LogP contribution in [0.2, 0.25) is 0 Å². The monoisotopic (exact) mass is 233 g/mol. The van der Waals surface area contributed by atoms with Crippen LogP contribution in [0.4, 0.5) is 5.69 Å². The molecule has 1 unspecified atom stereocenters. The number of likely N-dealkylation sites (tertiary alicyclic amines) is 1. The molecule has 0 saturated carbocycles. The van der Waals surface area contributed by atoms with E-state index in [0.29, 0.717) is 12.5 Å². The largest absolute Gasteiger partial charge is 0.398 e. The Balaban J connectivity index is 2.07. The number of anilines is 1. The lowest BCUT2D eigenvalue weighted by molar-refractivity contribution is -0.119. The zero-order valence-electron chi connectivity index (χ0n) is 9.93. The van der Waals surface area contributed by atoms with Crippen LogP contribution in [0.3, 0.4) is 0 Å².